The van der Waals surface area contributed by atoms with Gasteiger partial charge in [0.25, 0.3) is 0 Å². The number of amides is 1. The van der Waals surface area contributed by atoms with E-state index in [-0.39, 0.29) is 30.8 Å². The van der Waals surface area contributed by atoms with E-state index in [0.29, 0.717) is 48.8 Å². The fourth-order valence-electron chi connectivity index (χ4n) is 4.89. The van der Waals surface area contributed by atoms with Crippen molar-refractivity contribution >= 4 is 16.9 Å². The SMILES string of the molecule is O=C(Cn1cccn1)N1CCC(n2c(-c3ccc4c(c3)OCO4)nc3cc(C(F)(F)F)ccc32)CC1. The van der Waals surface area contributed by atoms with Crippen LogP contribution < -0.4 is 9.47 Å². The summed E-state index contributed by atoms with van der Waals surface area (Å²) in [5.41, 5.74) is 0.879. The lowest BCUT2D eigenvalue weighted by molar-refractivity contribution is -0.137. The minimum atomic E-state index is -4.46. The lowest BCUT2D eigenvalue weighted by Crippen LogP contribution is -2.40. The van der Waals surface area contributed by atoms with Gasteiger partial charge in [0.1, 0.15) is 12.4 Å². The average Bonchev–Trinajstić information content (AvgIpc) is 3.62. The molecule has 4 heterocycles. The predicted octanol–water partition coefficient (Wildman–Crippen LogP) is 4.51. The Morgan fingerprint density at radius 1 is 1.06 bits per heavy atom. The van der Waals surface area contributed by atoms with Crippen molar-refractivity contribution in [2.24, 2.45) is 0 Å². The molecule has 0 saturated carbocycles. The third-order valence-corrected chi connectivity index (χ3v) is 6.69. The van der Waals surface area contributed by atoms with Crippen LogP contribution >= 0.6 is 0 Å². The Hall–Kier alpha value is -4.02. The van der Waals surface area contributed by atoms with Gasteiger partial charge < -0.3 is 18.9 Å². The number of halogens is 3. The normalized spacial score (nSPS) is 16.1. The summed E-state index contributed by atoms with van der Waals surface area (Å²) in [6.45, 7) is 1.36. The van der Waals surface area contributed by atoms with Gasteiger partial charge in [-0.2, -0.15) is 18.3 Å². The molecule has 0 radical (unpaired) electrons. The number of likely N-dealkylation sites (tertiary alicyclic amines) is 1. The number of aromatic nitrogens is 4. The van der Waals surface area contributed by atoms with Crippen molar-refractivity contribution in [3.63, 3.8) is 0 Å². The Bertz CT molecular complexity index is 1420. The molecule has 1 amide bonds. The first-order chi connectivity index (χ1) is 17.4. The van der Waals surface area contributed by atoms with E-state index in [1.165, 1.54) is 6.07 Å². The second-order valence-electron chi connectivity index (χ2n) is 8.89. The summed E-state index contributed by atoms with van der Waals surface area (Å²) < 4.78 is 54.7. The van der Waals surface area contributed by atoms with Crippen molar-refractivity contribution in [1.29, 1.82) is 0 Å². The summed E-state index contributed by atoms with van der Waals surface area (Å²) in [6.07, 6.45) is 0.210. The zero-order valence-electron chi connectivity index (χ0n) is 19.1. The highest BCUT2D eigenvalue weighted by atomic mass is 19.4. The number of hydrogen-bond donors (Lipinski definition) is 0. The third kappa shape index (κ3) is 4.04. The summed E-state index contributed by atoms with van der Waals surface area (Å²) in [6, 6.07) is 10.8. The molecule has 0 aliphatic carbocycles. The molecule has 2 aromatic carbocycles. The van der Waals surface area contributed by atoms with Gasteiger partial charge in [-0.25, -0.2) is 4.98 Å². The summed E-state index contributed by atoms with van der Waals surface area (Å²) in [5, 5.41) is 4.09. The Morgan fingerprint density at radius 2 is 1.86 bits per heavy atom. The van der Waals surface area contributed by atoms with E-state index in [0.717, 1.165) is 17.7 Å². The van der Waals surface area contributed by atoms with E-state index in [2.05, 4.69) is 10.1 Å². The second-order valence-corrected chi connectivity index (χ2v) is 8.89. The van der Waals surface area contributed by atoms with Crippen molar-refractivity contribution in [1.82, 2.24) is 24.2 Å². The highest BCUT2D eigenvalue weighted by molar-refractivity contribution is 5.82. The number of imidazole rings is 1. The number of rotatable bonds is 4. The molecule has 186 valence electrons. The topological polar surface area (TPSA) is 74.4 Å². The maximum atomic E-state index is 13.4. The van der Waals surface area contributed by atoms with Crippen LogP contribution in [0.4, 0.5) is 13.2 Å². The molecule has 2 aromatic heterocycles. The Kier molecular flexibility index (Phi) is 5.35. The minimum absolute atomic E-state index is 0.0153. The van der Waals surface area contributed by atoms with Crippen LogP contribution in [0.15, 0.2) is 54.9 Å². The molecule has 2 aliphatic rings. The van der Waals surface area contributed by atoms with Crippen LogP contribution in [0.2, 0.25) is 0 Å². The fourth-order valence-corrected chi connectivity index (χ4v) is 4.89. The quantitative estimate of drug-likeness (QED) is 0.415. The van der Waals surface area contributed by atoms with E-state index in [1.807, 2.05) is 10.6 Å². The van der Waals surface area contributed by atoms with Gasteiger partial charge in [0.15, 0.2) is 11.5 Å². The molecule has 0 atom stereocenters. The summed E-state index contributed by atoms with van der Waals surface area (Å²) in [7, 11) is 0. The molecule has 0 N–H and O–H groups in total. The van der Waals surface area contributed by atoms with E-state index in [4.69, 9.17) is 9.47 Å². The summed E-state index contributed by atoms with van der Waals surface area (Å²) in [4.78, 5) is 19.2. The van der Waals surface area contributed by atoms with Gasteiger partial charge >= 0.3 is 6.18 Å². The lowest BCUT2D eigenvalue weighted by atomic mass is 10.0. The molecule has 0 bridgehead atoms. The van der Waals surface area contributed by atoms with Crippen molar-refractivity contribution < 1.29 is 27.4 Å². The maximum absolute atomic E-state index is 13.4. The number of nitrogens with zero attached hydrogens (tertiary/aromatic N) is 5. The van der Waals surface area contributed by atoms with Gasteiger partial charge in [0.2, 0.25) is 12.7 Å². The van der Waals surface area contributed by atoms with Gasteiger partial charge in [-0.15, -0.1) is 0 Å². The molecule has 6 rings (SSSR count). The van der Waals surface area contributed by atoms with Gasteiger partial charge in [0.05, 0.1) is 16.6 Å². The Morgan fingerprint density at radius 3 is 2.61 bits per heavy atom. The third-order valence-electron chi connectivity index (χ3n) is 6.69. The average molecular weight is 497 g/mol. The van der Waals surface area contributed by atoms with Crippen LogP contribution in [0.5, 0.6) is 11.5 Å². The molecule has 1 fully saturated rings. The van der Waals surface area contributed by atoms with Crippen LogP contribution in [0, 0.1) is 0 Å². The first-order valence-corrected chi connectivity index (χ1v) is 11.6. The van der Waals surface area contributed by atoms with E-state index in [9.17, 15) is 18.0 Å². The molecule has 0 spiro atoms. The van der Waals surface area contributed by atoms with Gasteiger partial charge in [-0.1, -0.05) is 0 Å². The maximum Gasteiger partial charge on any atom is 0.416 e. The van der Waals surface area contributed by atoms with Crippen molar-refractivity contribution in [3.8, 4) is 22.9 Å². The van der Waals surface area contributed by atoms with Crippen LogP contribution in [-0.2, 0) is 17.5 Å². The molecule has 36 heavy (non-hydrogen) atoms. The van der Waals surface area contributed by atoms with Crippen molar-refractivity contribution in [3.05, 3.63) is 60.4 Å². The predicted molar refractivity (Wildman–Crippen MR) is 123 cm³/mol. The monoisotopic (exact) mass is 497 g/mol. The van der Waals surface area contributed by atoms with Gasteiger partial charge in [-0.05, 0) is 55.3 Å². The van der Waals surface area contributed by atoms with Crippen molar-refractivity contribution in [2.45, 2.75) is 31.6 Å². The molecule has 4 aromatic rings. The largest absolute Gasteiger partial charge is 0.454 e. The summed E-state index contributed by atoms with van der Waals surface area (Å²) >= 11 is 0. The molecule has 2 aliphatic heterocycles. The number of fused-ring (bicyclic) bond motifs is 2. The van der Waals surface area contributed by atoms with E-state index in [1.54, 1.807) is 40.2 Å². The highest BCUT2D eigenvalue weighted by Crippen LogP contribution is 2.40. The first-order valence-electron chi connectivity index (χ1n) is 11.6. The van der Waals surface area contributed by atoms with Crippen molar-refractivity contribution in [2.75, 3.05) is 19.9 Å². The van der Waals surface area contributed by atoms with Crippen LogP contribution in [0.3, 0.4) is 0 Å². The zero-order valence-corrected chi connectivity index (χ0v) is 19.1. The standard InChI is InChI=1S/C25H22F3N5O3/c26-25(27,28)17-3-4-20-19(13-17)30-24(16-2-5-21-22(12-16)36-15-35-21)33(20)18-6-10-31(11-7-18)23(34)14-32-9-1-8-29-32/h1-5,8-9,12-13,18H,6-7,10-11,14-15H2. The van der Waals surface area contributed by atoms with Crippen LogP contribution in [0.1, 0.15) is 24.4 Å². The number of alkyl halides is 3. The van der Waals surface area contributed by atoms with Gasteiger partial charge in [0, 0.05) is 37.1 Å². The molecule has 0 unspecified atom stereocenters. The van der Waals surface area contributed by atoms with Crippen LogP contribution in [0.25, 0.3) is 22.4 Å². The smallest absolute Gasteiger partial charge is 0.416 e. The molecule has 11 heteroatoms. The second kappa shape index (κ2) is 8.58. The number of ether oxygens (including phenoxy) is 2. The highest BCUT2D eigenvalue weighted by Gasteiger charge is 2.33. The van der Waals surface area contributed by atoms with E-state index >= 15 is 0 Å². The Balaban J connectivity index is 1.34. The number of carbonyl (C=O) groups excluding carboxylic acids is 1. The molecular weight excluding hydrogens is 475 g/mol. The zero-order chi connectivity index (χ0) is 24.9. The number of benzene rings is 2. The van der Waals surface area contributed by atoms with E-state index < -0.39 is 11.7 Å². The number of hydrogen-bond acceptors (Lipinski definition) is 5. The van der Waals surface area contributed by atoms with Crippen LogP contribution in [-0.4, -0.2) is 50.0 Å². The first kappa shape index (κ1) is 22.4. The summed E-state index contributed by atoms with van der Waals surface area (Å²) in [5.74, 6) is 1.73. The Labute approximate surface area is 203 Å². The fraction of sp³-hybridized carbons (Fsp3) is 0.320. The molecule has 1 saturated heterocycles. The number of carbonyl (C=O) groups is 1. The minimum Gasteiger partial charge on any atom is -0.454 e. The lowest BCUT2D eigenvalue weighted by Gasteiger charge is -2.33. The molecular formula is C25H22F3N5O3. The molecule has 8 nitrogen and oxygen atoms in total. The number of piperidine rings is 1. The van der Waals surface area contributed by atoms with Gasteiger partial charge in [-0.3, -0.25) is 9.48 Å².